The van der Waals surface area contributed by atoms with Gasteiger partial charge in [0.15, 0.2) is 0 Å². The molecule has 1 saturated heterocycles. The van der Waals surface area contributed by atoms with Gasteiger partial charge in [0, 0.05) is 18.5 Å². The van der Waals surface area contributed by atoms with Crippen molar-refractivity contribution >= 4 is 12.2 Å². The minimum absolute atomic E-state index is 0.0859. The van der Waals surface area contributed by atoms with Gasteiger partial charge in [0.2, 0.25) is 5.91 Å². The lowest BCUT2D eigenvalue weighted by molar-refractivity contribution is -0.124. The number of nitrogens with zero attached hydrogens (tertiary/aromatic N) is 1. The Morgan fingerprint density at radius 3 is 2.74 bits per heavy atom. The molecule has 2 unspecified atom stereocenters. The van der Waals surface area contributed by atoms with E-state index < -0.39 is 0 Å². The molecule has 0 aromatic rings. The Kier molecular flexibility index (Phi) is 7.06. The minimum Gasteiger partial charge on any atom is -0.353 e. The number of rotatable bonds is 7. The number of amides is 1. The standard InChI is InChI=1S/C15H28N2O2/c1-12(2)6-7-13(3)16-15(19)10-17-8-4-5-14(9-17)11-18/h11-14H,4-10H2,1-3H3,(H,16,19). The maximum atomic E-state index is 11.9. The Bertz CT molecular complexity index is 292. The van der Waals surface area contributed by atoms with Crippen LogP contribution in [0.2, 0.25) is 0 Å². The summed E-state index contributed by atoms with van der Waals surface area (Å²) in [4.78, 5) is 24.8. The summed E-state index contributed by atoms with van der Waals surface area (Å²) >= 11 is 0. The number of aldehydes is 1. The zero-order valence-corrected chi connectivity index (χ0v) is 12.5. The van der Waals surface area contributed by atoms with E-state index in [2.05, 4.69) is 31.0 Å². The van der Waals surface area contributed by atoms with E-state index in [1.54, 1.807) is 0 Å². The smallest absolute Gasteiger partial charge is 0.234 e. The second kappa shape index (κ2) is 8.31. The first-order valence-corrected chi connectivity index (χ1v) is 7.48. The Balaban J connectivity index is 2.24. The van der Waals surface area contributed by atoms with Crippen LogP contribution in [0.4, 0.5) is 0 Å². The van der Waals surface area contributed by atoms with E-state index in [1.165, 1.54) is 0 Å². The second-order valence-electron chi connectivity index (χ2n) is 6.21. The van der Waals surface area contributed by atoms with Crippen LogP contribution >= 0.6 is 0 Å². The van der Waals surface area contributed by atoms with Crippen LogP contribution in [-0.2, 0) is 9.59 Å². The molecule has 0 spiro atoms. The average molecular weight is 268 g/mol. The summed E-state index contributed by atoms with van der Waals surface area (Å²) in [5.74, 6) is 0.873. The highest BCUT2D eigenvalue weighted by Crippen LogP contribution is 2.13. The third-order valence-electron chi connectivity index (χ3n) is 3.69. The van der Waals surface area contributed by atoms with E-state index in [0.717, 1.165) is 45.1 Å². The Hall–Kier alpha value is -0.900. The van der Waals surface area contributed by atoms with Gasteiger partial charge >= 0.3 is 0 Å². The van der Waals surface area contributed by atoms with E-state index in [1.807, 2.05) is 0 Å². The van der Waals surface area contributed by atoms with Gasteiger partial charge in [-0.1, -0.05) is 13.8 Å². The average Bonchev–Trinajstić information content (AvgIpc) is 2.36. The van der Waals surface area contributed by atoms with Crippen molar-refractivity contribution in [2.24, 2.45) is 11.8 Å². The fourth-order valence-electron chi connectivity index (χ4n) is 2.53. The third kappa shape index (κ3) is 6.71. The highest BCUT2D eigenvalue weighted by atomic mass is 16.2. The van der Waals surface area contributed by atoms with E-state index in [-0.39, 0.29) is 17.9 Å². The topological polar surface area (TPSA) is 49.4 Å². The SMILES string of the molecule is CC(C)CCC(C)NC(=O)CN1CCCC(C=O)C1. The monoisotopic (exact) mass is 268 g/mol. The van der Waals surface area contributed by atoms with Crippen molar-refractivity contribution < 1.29 is 9.59 Å². The van der Waals surface area contributed by atoms with Gasteiger partial charge in [-0.2, -0.15) is 0 Å². The van der Waals surface area contributed by atoms with Crippen molar-refractivity contribution in [2.75, 3.05) is 19.6 Å². The first-order chi connectivity index (χ1) is 9.01. The Labute approximate surface area is 116 Å². The highest BCUT2D eigenvalue weighted by Gasteiger charge is 2.21. The van der Waals surface area contributed by atoms with Gasteiger partial charge in [0.25, 0.3) is 0 Å². The molecule has 1 aliphatic heterocycles. The van der Waals surface area contributed by atoms with Gasteiger partial charge in [-0.15, -0.1) is 0 Å². The lowest BCUT2D eigenvalue weighted by Crippen LogP contribution is -2.45. The molecule has 4 heteroatoms. The van der Waals surface area contributed by atoms with Gasteiger partial charge in [-0.05, 0) is 45.1 Å². The number of hydrogen-bond acceptors (Lipinski definition) is 3. The molecule has 1 amide bonds. The van der Waals surface area contributed by atoms with Gasteiger partial charge in [-0.25, -0.2) is 0 Å². The zero-order chi connectivity index (χ0) is 14.3. The molecule has 1 N–H and O–H groups in total. The molecule has 0 aromatic heterocycles. The molecule has 0 saturated carbocycles. The summed E-state index contributed by atoms with van der Waals surface area (Å²) in [6.45, 7) is 8.54. The number of piperidine rings is 1. The fourth-order valence-corrected chi connectivity index (χ4v) is 2.53. The summed E-state index contributed by atoms with van der Waals surface area (Å²) in [5, 5.41) is 3.05. The molecule has 0 bridgehead atoms. The maximum absolute atomic E-state index is 11.9. The summed E-state index contributed by atoms with van der Waals surface area (Å²) in [6.07, 6.45) is 5.17. The summed E-state index contributed by atoms with van der Waals surface area (Å²) in [5.41, 5.74) is 0. The van der Waals surface area contributed by atoms with Crippen LogP contribution < -0.4 is 5.32 Å². The highest BCUT2D eigenvalue weighted by molar-refractivity contribution is 5.78. The van der Waals surface area contributed by atoms with Crippen molar-refractivity contribution in [1.82, 2.24) is 10.2 Å². The molecule has 1 aliphatic rings. The first kappa shape index (κ1) is 16.2. The van der Waals surface area contributed by atoms with Crippen LogP contribution in [-0.4, -0.2) is 42.8 Å². The number of hydrogen-bond donors (Lipinski definition) is 1. The lowest BCUT2D eigenvalue weighted by Gasteiger charge is -2.29. The molecule has 1 fully saturated rings. The van der Waals surface area contributed by atoms with Crippen molar-refractivity contribution in [3.63, 3.8) is 0 Å². The molecule has 0 aromatic carbocycles. The van der Waals surface area contributed by atoms with Crippen LogP contribution in [0.5, 0.6) is 0 Å². The van der Waals surface area contributed by atoms with E-state index >= 15 is 0 Å². The van der Waals surface area contributed by atoms with E-state index in [4.69, 9.17) is 0 Å². The fraction of sp³-hybridized carbons (Fsp3) is 0.867. The predicted octanol–water partition coefficient (Wildman–Crippen LogP) is 1.84. The molecule has 19 heavy (non-hydrogen) atoms. The van der Waals surface area contributed by atoms with Crippen LogP contribution in [0.25, 0.3) is 0 Å². The number of likely N-dealkylation sites (tertiary alicyclic amines) is 1. The molecular weight excluding hydrogens is 240 g/mol. The van der Waals surface area contributed by atoms with E-state index in [0.29, 0.717) is 12.5 Å². The molecule has 0 aliphatic carbocycles. The molecule has 4 nitrogen and oxygen atoms in total. The Morgan fingerprint density at radius 1 is 1.37 bits per heavy atom. The molecule has 1 heterocycles. The molecule has 2 atom stereocenters. The molecule has 1 rings (SSSR count). The van der Waals surface area contributed by atoms with Crippen LogP contribution in [0.3, 0.4) is 0 Å². The molecule has 0 radical (unpaired) electrons. The second-order valence-corrected chi connectivity index (χ2v) is 6.21. The predicted molar refractivity (Wildman–Crippen MR) is 76.9 cm³/mol. The van der Waals surface area contributed by atoms with Gasteiger partial charge < -0.3 is 10.1 Å². The first-order valence-electron chi connectivity index (χ1n) is 7.48. The van der Waals surface area contributed by atoms with E-state index in [9.17, 15) is 9.59 Å². The van der Waals surface area contributed by atoms with Crippen molar-refractivity contribution in [1.29, 1.82) is 0 Å². The molecular formula is C15H28N2O2. The van der Waals surface area contributed by atoms with Crippen molar-refractivity contribution in [3.05, 3.63) is 0 Å². The number of nitrogens with one attached hydrogen (secondary N) is 1. The van der Waals surface area contributed by atoms with Gasteiger partial charge in [-0.3, -0.25) is 9.69 Å². The van der Waals surface area contributed by atoms with Crippen molar-refractivity contribution in [2.45, 2.75) is 52.5 Å². The summed E-state index contributed by atoms with van der Waals surface area (Å²) in [6, 6.07) is 0.238. The molecule has 110 valence electrons. The minimum atomic E-state index is 0.0859. The van der Waals surface area contributed by atoms with Crippen LogP contribution in [0.1, 0.15) is 46.5 Å². The lowest BCUT2D eigenvalue weighted by atomic mass is 10.00. The summed E-state index contributed by atoms with van der Waals surface area (Å²) < 4.78 is 0. The zero-order valence-electron chi connectivity index (χ0n) is 12.5. The normalized spacial score (nSPS) is 22.2. The van der Waals surface area contributed by atoms with Crippen molar-refractivity contribution in [3.8, 4) is 0 Å². The van der Waals surface area contributed by atoms with Crippen LogP contribution in [0.15, 0.2) is 0 Å². The van der Waals surface area contributed by atoms with Gasteiger partial charge in [0.05, 0.1) is 6.54 Å². The number of carbonyl (C=O) groups is 2. The largest absolute Gasteiger partial charge is 0.353 e. The summed E-state index contributed by atoms with van der Waals surface area (Å²) in [7, 11) is 0. The van der Waals surface area contributed by atoms with Gasteiger partial charge in [0.1, 0.15) is 6.29 Å². The maximum Gasteiger partial charge on any atom is 0.234 e. The third-order valence-corrected chi connectivity index (χ3v) is 3.69. The number of carbonyl (C=O) groups excluding carboxylic acids is 2. The van der Waals surface area contributed by atoms with Crippen LogP contribution in [0, 0.1) is 11.8 Å². The quantitative estimate of drug-likeness (QED) is 0.717. The Morgan fingerprint density at radius 2 is 2.11 bits per heavy atom.